The monoisotopic (exact) mass is 367 g/mol. The minimum atomic E-state index is -0.662. The van der Waals surface area contributed by atoms with E-state index in [4.69, 9.17) is 9.15 Å². The molecule has 0 spiro atoms. The summed E-state index contributed by atoms with van der Waals surface area (Å²) in [5.74, 6) is -1.68. The average Bonchev–Trinajstić information content (AvgIpc) is 3.06. The Morgan fingerprint density at radius 2 is 1.63 bits per heavy atom. The molecule has 0 aliphatic heterocycles. The third-order valence-corrected chi connectivity index (χ3v) is 3.86. The summed E-state index contributed by atoms with van der Waals surface area (Å²) in [7, 11) is 1.28. The summed E-state index contributed by atoms with van der Waals surface area (Å²) in [6.45, 7) is 1.86. The molecule has 27 heavy (non-hydrogen) atoms. The molecule has 7 heteroatoms. The molecule has 7 nitrogen and oxygen atoms in total. The molecule has 0 radical (unpaired) electrons. The second kappa shape index (κ2) is 7.74. The largest absolute Gasteiger partial charge is 0.465 e. The van der Waals surface area contributed by atoms with Crippen LogP contribution < -0.4 is 5.32 Å². The highest BCUT2D eigenvalue weighted by Gasteiger charge is 2.23. The van der Waals surface area contributed by atoms with Crippen molar-refractivity contribution in [2.75, 3.05) is 19.0 Å². The molecule has 0 fully saturated rings. The first kappa shape index (κ1) is 18.2. The molecule has 0 saturated carbocycles. The number of fused-ring (bicyclic) bond motifs is 1. The summed E-state index contributed by atoms with van der Waals surface area (Å²) in [5.41, 5.74) is 1.33. The first-order valence-corrected chi connectivity index (χ1v) is 8.23. The smallest absolute Gasteiger partial charge is 0.376 e. The van der Waals surface area contributed by atoms with Crippen molar-refractivity contribution < 1.29 is 28.3 Å². The maximum atomic E-state index is 12.6. The minimum Gasteiger partial charge on any atom is -0.465 e. The van der Waals surface area contributed by atoms with E-state index < -0.39 is 17.8 Å². The van der Waals surface area contributed by atoms with Gasteiger partial charge in [-0.2, -0.15) is 0 Å². The molecular weight excluding hydrogens is 350 g/mol. The zero-order chi connectivity index (χ0) is 19.4. The molecule has 0 aliphatic rings. The number of amides is 1. The fourth-order valence-electron chi connectivity index (χ4n) is 2.57. The molecule has 0 bridgehead atoms. The number of hydrogen-bond donors (Lipinski definition) is 1. The molecular formula is C20H17NO6. The second-order valence-electron chi connectivity index (χ2n) is 5.55. The van der Waals surface area contributed by atoms with Crippen LogP contribution in [0.1, 0.15) is 38.2 Å². The zero-order valence-electron chi connectivity index (χ0n) is 14.8. The number of anilines is 1. The van der Waals surface area contributed by atoms with Crippen LogP contribution in [0.3, 0.4) is 0 Å². The van der Waals surface area contributed by atoms with Crippen LogP contribution in [0.2, 0.25) is 0 Å². The van der Waals surface area contributed by atoms with Crippen LogP contribution in [-0.4, -0.2) is 31.6 Å². The number of hydrogen-bond acceptors (Lipinski definition) is 6. The molecule has 0 unspecified atom stereocenters. The molecule has 3 aromatic rings. The van der Waals surface area contributed by atoms with Gasteiger partial charge in [-0.3, -0.25) is 4.79 Å². The predicted octanol–water partition coefficient (Wildman–Crippen LogP) is 3.65. The van der Waals surface area contributed by atoms with Gasteiger partial charge in [-0.15, -0.1) is 0 Å². The average molecular weight is 367 g/mol. The number of rotatable bonds is 5. The SMILES string of the molecule is CCOC(=O)c1oc2ccccc2c1NC(=O)c1ccc(C(=O)OC)cc1. The summed E-state index contributed by atoms with van der Waals surface area (Å²) in [6.07, 6.45) is 0. The maximum Gasteiger partial charge on any atom is 0.376 e. The van der Waals surface area contributed by atoms with Crippen LogP contribution in [0.15, 0.2) is 52.9 Å². The van der Waals surface area contributed by atoms with Crippen LogP contribution >= 0.6 is 0 Å². The lowest BCUT2D eigenvalue weighted by Crippen LogP contribution is -2.15. The van der Waals surface area contributed by atoms with Crippen LogP contribution in [-0.2, 0) is 9.47 Å². The molecule has 0 atom stereocenters. The Labute approximate surface area is 154 Å². The van der Waals surface area contributed by atoms with E-state index in [9.17, 15) is 14.4 Å². The van der Waals surface area contributed by atoms with Crippen LogP contribution in [0.4, 0.5) is 5.69 Å². The molecule has 1 aromatic heterocycles. The quantitative estimate of drug-likeness (QED) is 0.692. The number of carbonyl (C=O) groups excluding carboxylic acids is 3. The van der Waals surface area contributed by atoms with E-state index in [1.807, 2.05) is 0 Å². The molecule has 1 heterocycles. The number of methoxy groups -OCH3 is 1. The molecule has 0 saturated heterocycles. The van der Waals surface area contributed by atoms with Gasteiger partial charge in [0.25, 0.3) is 5.91 Å². The van der Waals surface area contributed by atoms with E-state index in [1.54, 1.807) is 31.2 Å². The normalized spacial score (nSPS) is 10.4. The summed E-state index contributed by atoms with van der Waals surface area (Å²) >= 11 is 0. The Morgan fingerprint density at radius 3 is 2.30 bits per heavy atom. The van der Waals surface area contributed by atoms with Gasteiger partial charge in [0.05, 0.1) is 19.3 Å². The van der Waals surface area contributed by atoms with Crippen LogP contribution in [0.25, 0.3) is 11.0 Å². The van der Waals surface area contributed by atoms with E-state index >= 15 is 0 Å². The van der Waals surface area contributed by atoms with Gasteiger partial charge in [-0.05, 0) is 43.3 Å². The molecule has 138 valence electrons. The number of nitrogens with one attached hydrogen (secondary N) is 1. The fraction of sp³-hybridized carbons (Fsp3) is 0.150. The Balaban J connectivity index is 1.93. The molecule has 0 aliphatic carbocycles. The number of esters is 2. The van der Waals surface area contributed by atoms with E-state index in [0.717, 1.165) is 0 Å². The number of furan rings is 1. The highest BCUT2D eigenvalue weighted by atomic mass is 16.5. The molecule has 3 rings (SSSR count). The first-order chi connectivity index (χ1) is 13.0. The fourth-order valence-corrected chi connectivity index (χ4v) is 2.57. The molecule has 1 amide bonds. The lowest BCUT2D eigenvalue weighted by molar-refractivity contribution is 0.0493. The third-order valence-electron chi connectivity index (χ3n) is 3.86. The lowest BCUT2D eigenvalue weighted by atomic mass is 10.1. The second-order valence-corrected chi connectivity index (χ2v) is 5.55. The van der Waals surface area contributed by atoms with Crippen molar-refractivity contribution in [3.8, 4) is 0 Å². The first-order valence-electron chi connectivity index (χ1n) is 8.23. The van der Waals surface area contributed by atoms with Gasteiger partial charge in [-0.25, -0.2) is 9.59 Å². The number of carbonyl (C=O) groups is 3. The van der Waals surface area contributed by atoms with Crippen LogP contribution in [0.5, 0.6) is 0 Å². The molecule has 1 N–H and O–H groups in total. The van der Waals surface area contributed by atoms with E-state index in [2.05, 4.69) is 10.1 Å². The van der Waals surface area contributed by atoms with E-state index in [-0.39, 0.29) is 18.1 Å². The van der Waals surface area contributed by atoms with Gasteiger partial charge in [0, 0.05) is 10.9 Å². The Bertz CT molecular complexity index is 1000. The van der Waals surface area contributed by atoms with Gasteiger partial charge in [0.1, 0.15) is 11.3 Å². The zero-order valence-corrected chi connectivity index (χ0v) is 14.8. The standard InChI is InChI=1S/C20H17NO6/c1-3-26-20(24)17-16(14-6-4-5-7-15(14)27-17)21-18(22)12-8-10-13(11-9-12)19(23)25-2/h4-11H,3H2,1-2H3,(H,21,22). The van der Waals surface area contributed by atoms with Gasteiger partial charge in [0.15, 0.2) is 0 Å². The molecule has 2 aromatic carbocycles. The Hall–Kier alpha value is -3.61. The van der Waals surface area contributed by atoms with Crippen molar-refractivity contribution in [3.05, 3.63) is 65.4 Å². The number of ether oxygens (including phenoxy) is 2. The van der Waals surface area contributed by atoms with Crippen molar-refractivity contribution in [2.24, 2.45) is 0 Å². The van der Waals surface area contributed by atoms with Crippen molar-refractivity contribution in [1.82, 2.24) is 0 Å². The topological polar surface area (TPSA) is 94.8 Å². The van der Waals surface area contributed by atoms with Crippen molar-refractivity contribution >= 4 is 34.5 Å². The highest BCUT2D eigenvalue weighted by molar-refractivity contribution is 6.13. The number of benzene rings is 2. The maximum absolute atomic E-state index is 12.6. The summed E-state index contributed by atoms with van der Waals surface area (Å²) in [4.78, 5) is 36.3. The number of para-hydroxylation sites is 1. The summed E-state index contributed by atoms with van der Waals surface area (Å²) in [5, 5.41) is 3.29. The van der Waals surface area contributed by atoms with Gasteiger partial charge in [0.2, 0.25) is 5.76 Å². The van der Waals surface area contributed by atoms with Gasteiger partial charge < -0.3 is 19.2 Å². The highest BCUT2D eigenvalue weighted by Crippen LogP contribution is 2.31. The van der Waals surface area contributed by atoms with Gasteiger partial charge >= 0.3 is 11.9 Å². The lowest BCUT2D eigenvalue weighted by Gasteiger charge is -2.07. The summed E-state index contributed by atoms with van der Waals surface area (Å²) in [6, 6.07) is 12.9. The van der Waals surface area contributed by atoms with Gasteiger partial charge in [-0.1, -0.05) is 12.1 Å². The van der Waals surface area contributed by atoms with E-state index in [0.29, 0.717) is 22.1 Å². The Morgan fingerprint density at radius 1 is 0.963 bits per heavy atom. The van der Waals surface area contributed by atoms with Crippen molar-refractivity contribution in [1.29, 1.82) is 0 Å². The van der Waals surface area contributed by atoms with Crippen molar-refractivity contribution in [3.63, 3.8) is 0 Å². The predicted molar refractivity (Wildman–Crippen MR) is 97.9 cm³/mol. The van der Waals surface area contributed by atoms with Crippen molar-refractivity contribution in [2.45, 2.75) is 6.92 Å². The summed E-state index contributed by atoms with van der Waals surface area (Å²) < 4.78 is 15.2. The van der Waals surface area contributed by atoms with E-state index in [1.165, 1.54) is 31.4 Å². The third kappa shape index (κ3) is 3.67. The minimum absolute atomic E-state index is 0.0717. The van der Waals surface area contributed by atoms with Crippen LogP contribution in [0, 0.1) is 0 Å². The Kier molecular flexibility index (Phi) is 5.21.